The lowest BCUT2D eigenvalue weighted by Crippen LogP contribution is -2.30. The summed E-state index contributed by atoms with van der Waals surface area (Å²) in [4.78, 5) is 19.5. The Labute approximate surface area is 177 Å². The zero-order valence-corrected chi connectivity index (χ0v) is 17.7. The van der Waals surface area contributed by atoms with Crippen LogP contribution in [0.2, 0.25) is 0 Å². The van der Waals surface area contributed by atoms with Gasteiger partial charge in [-0.2, -0.15) is 5.26 Å². The van der Waals surface area contributed by atoms with Gasteiger partial charge in [-0.1, -0.05) is 26.8 Å². The van der Waals surface area contributed by atoms with Gasteiger partial charge in [0.15, 0.2) is 12.4 Å². The Morgan fingerprint density at radius 2 is 2.07 bits per heavy atom. The number of benzene rings is 1. The van der Waals surface area contributed by atoms with E-state index in [4.69, 9.17) is 20.4 Å². The maximum absolute atomic E-state index is 13.0. The number of nitriles is 1. The molecule has 1 saturated carbocycles. The van der Waals surface area contributed by atoms with Gasteiger partial charge in [-0.25, -0.2) is 4.98 Å². The van der Waals surface area contributed by atoms with Crippen LogP contribution in [-0.2, 0) is 12.0 Å². The zero-order valence-electron chi connectivity index (χ0n) is 17.7. The summed E-state index contributed by atoms with van der Waals surface area (Å²) < 4.78 is 5.55. The molecular formula is C24H26N4O2. The van der Waals surface area contributed by atoms with Gasteiger partial charge in [0.25, 0.3) is 0 Å². The molecule has 0 unspecified atom stereocenters. The molecule has 6 nitrogen and oxygen atoms in total. The van der Waals surface area contributed by atoms with Gasteiger partial charge in [-0.05, 0) is 42.5 Å². The van der Waals surface area contributed by atoms with Crippen LogP contribution in [0.15, 0.2) is 30.3 Å². The van der Waals surface area contributed by atoms with Crippen LogP contribution >= 0.6 is 0 Å². The topological polar surface area (TPSA) is 90.1 Å². The molecule has 1 aromatic carbocycles. The largest absolute Gasteiger partial charge is 0.478 e. The summed E-state index contributed by atoms with van der Waals surface area (Å²) in [5.41, 5.74) is 4.02. The highest BCUT2D eigenvalue weighted by molar-refractivity contribution is 6.04. The van der Waals surface area contributed by atoms with Crippen molar-refractivity contribution < 1.29 is 9.53 Å². The van der Waals surface area contributed by atoms with Crippen molar-refractivity contribution in [2.24, 2.45) is 0 Å². The number of carbonyl (C=O) groups excluding carboxylic acids is 1. The van der Waals surface area contributed by atoms with Crippen molar-refractivity contribution in [3.63, 3.8) is 0 Å². The Morgan fingerprint density at radius 1 is 1.30 bits per heavy atom. The third-order valence-electron chi connectivity index (χ3n) is 5.63. The predicted octanol–water partition coefficient (Wildman–Crippen LogP) is 4.18. The number of Topliss-reactive ketones (excluding diaryl/α,β-unsaturated/α-hetero) is 1. The smallest absolute Gasteiger partial charge is 0.182 e. The fraction of sp³-hybridized carbons (Fsp3) is 0.417. The minimum absolute atomic E-state index is 0.0323. The van der Waals surface area contributed by atoms with E-state index in [1.54, 1.807) is 17.0 Å². The van der Waals surface area contributed by atoms with Crippen LogP contribution in [0, 0.1) is 16.7 Å². The highest BCUT2D eigenvalue weighted by Crippen LogP contribution is 2.40. The van der Waals surface area contributed by atoms with E-state index in [0.29, 0.717) is 35.3 Å². The van der Waals surface area contributed by atoms with Gasteiger partial charge < -0.3 is 9.64 Å². The first-order valence-electron chi connectivity index (χ1n) is 10.3. The summed E-state index contributed by atoms with van der Waals surface area (Å²) in [5.74, 6) is 1.44. The number of nitrogens with one attached hydrogen (secondary N) is 1. The van der Waals surface area contributed by atoms with Gasteiger partial charge in [0.1, 0.15) is 23.3 Å². The number of hydrogen-bond donors (Lipinski definition) is 1. The fourth-order valence-corrected chi connectivity index (χ4v) is 3.80. The molecule has 1 aromatic heterocycles. The van der Waals surface area contributed by atoms with E-state index in [1.807, 2.05) is 39.0 Å². The Bertz CT molecular complexity index is 1060. The maximum atomic E-state index is 13.0. The maximum Gasteiger partial charge on any atom is 0.182 e. The van der Waals surface area contributed by atoms with Crippen molar-refractivity contribution >= 4 is 11.6 Å². The van der Waals surface area contributed by atoms with Crippen LogP contribution < -0.4 is 4.74 Å². The quantitative estimate of drug-likeness (QED) is 0.732. The van der Waals surface area contributed by atoms with Gasteiger partial charge in [0.05, 0.1) is 6.54 Å². The van der Waals surface area contributed by atoms with Gasteiger partial charge >= 0.3 is 0 Å². The third-order valence-corrected chi connectivity index (χ3v) is 5.63. The average molecular weight is 402 g/mol. The Kier molecular flexibility index (Phi) is 5.07. The molecule has 2 aliphatic rings. The predicted molar refractivity (Wildman–Crippen MR) is 114 cm³/mol. The molecule has 0 bridgehead atoms. The summed E-state index contributed by atoms with van der Waals surface area (Å²) in [5, 5.41) is 17.3. The number of nitrogens with zero attached hydrogens (tertiary/aromatic N) is 3. The molecule has 0 spiro atoms. The monoisotopic (exact) mass is 402 g/mol. The average Bonchev–Trinajstić information content (AvgIpc) is 3.51. The Morgan fingerprint density at radius 3 is 2.73 bits per heavy atom. The lowest BCUT2D eigenvalue weighted by Gasteiger charge is -2.23. The first kappa shape index (κ1) is 20.1. The van der Waals surface area contributed by atoms with E-state index < -0.39 is 0 Å². The fourth-order valence-electron chi connectivity index (χ4n) is 3.80. The molecule has 2 aromatic rings. The first-order valence-corrected chi connectivity index (χ1v) is 10.3. The Balaban J connectivity index is 1.52. The molecule has 1 aliphatic carbocycles. The molecular weight excluding hydrogens is 376 g/mol. The molecule has 4 rings (SSSR count). The number of aromatic nitrogens is 1. The summed E-state index contributed by atoms with van der Waals surface area (Å²) in [6.07, 6.45) is 2.34. The van der Waals surface area contributed by atoms with Gasteiger partial charge in [0.2, 0.25) is 0 Å². The molecule has 6 heteroatoms. The van der Waals surface area contributed by atoms with Crippen molar-refractivity contribution in [2.45, 2.75) is 51.5 Å². The van der Waals surface area contributed by atoms with E-state index >= 15 is 0 Å². The SMILES string of the molecule is CC(C)(C)c1cc(C(=O)CN2Cc3ccc(C4CC4)nc3C2=N)ccc1OCC#N. The molecule has 30 heavy (non-hydrogen) atoms. The standard InChI is InChI=1S/C24H26N4O2/c1-24(2,3)18-12-16(7-9-21(18)30-11-10-25)20(29)14-28-13-17-6-8-19(15-4-5-15)27-22(17)23(28)26/h6-9,12,15,26H,4-5,11,13-14H2,1-3H3. The van der Waals surface area contributed by atoms with Crippen molar-refractivity contribution in [3.05, 3.63) is 58.4 Å². The molecule has 2 heterocycles. The normalized spacial score (nSPS) is 15.7. The van der Waals surface area contributed by atoms with Crippen LogP contribution in [0.1, 0.15) is 72.4 Å². The number of amidine groups is 1. The number of hydrogen-bond acceptors (Lipinski definition) is 5. The molecule has 1 aliphatic heterocycles. The van der Waals surface area contributed by atoms with E-state index in [9.17, 15) is 4.79 Å². The van der Waals surface area contributed by atoms with Crippen LogP contribution in [0.3, 0.4) is 0 Å². The molecule has 0 radical (unpaired) electrons. The van der Waals surface area contributed by atoms with Crippen molar-refractivity contribution in [2.75, 3.05) is 13.2 Å². The summed E-state index contributed by atoms with van der Waals surface area (Å²) in [6.45, 7) is 6.78. The van der Waals surface area contributed by atoms with Gasteiger partial charge in [-0.15, -0.1) is 0 Å². The van der Waals surface area contributed by atoms with Crippen LogP contribution in [0.25, 0.3) is 0 Å². The van der Waals surface area contributed by atoms with Crippen LogP contribution in [0.4, 0.5) is 0 Å². The van der Waals surface area contributed by atoms with Crippen LogP contribution in [-0.4, -0.2) is 34.7 Å². The highest BCUT2D eigenvalue weighted by Gasteiger charge is 2.31. The second kappa shape index (κ2) is 7.56. The lowest BCUT2D eigenvalue weighted by molar-refractivity contribution is 0.0962. The van der Waals surface area contributed by atoms with Crippen LogP contribution in [0.5, 0.6) is 5.75 Å². The van der Waals surface area contributed by atoms with E-state index in [0.717, 1.165) is 16.8 Å². The number of pyridine rings is 1. The van der Waals surface area contributed by atoms with Crippen molar-refractivity contribution in [1.82, 2.24) is 9.88 Å². The van der Waals surface area contributed by atoms with E-state index in [1.165, 1.54) is 12.8 Å². The first-order chi connectivity index (χ1) is 14.3. The second-order valence-electron chi connectivity index (χ2n) is 9.05. The molecule has 154 valence electrons. The van der Waals surface area contributed by atoms with E-state index in [2.05, 4.69) is 6.07 Å². The minimum atomic E-state index is -0.235. The number of fused-ring (bicyclic) bond motifs is 1. The number of ether oxygens (including phenoxy) is 1. The van der Waals surface area contributed by atoms with Crippen molar-refractivity contribution in [3.8, 4) is 11.8 Å². The minimum Gasteiger partial charge on any atom is -0.478 e. The zero-order chi connectivity index (χ0) is 21.5. The molecule has 0 atom stereocenters. The molecule has 1 fully saturated rings. The number of rotatable bonds is 6. The Hall–Kier alpha value is -3.20. The lowest BCUT2D eigenvalue weighted by atomic mass is 9.85. The summed E-state index contributed by atoms with van der Waals surface area (Å²) in [7, 11) is 0. The number of carbonyl (C=O) groups is 1. The van der Waals surface area contributed by atoms with Gasteiger partial charge in [0, 0.05) is 34.8 Å². The summed E-state index contributed by atoms with van der Waals surface area (Å²) >= 11 is 0. The molecule has 1 N–H and O–H groups in total. The van der Waals surface area contributed by atoms with Crippen molar-refractivity contribution in [1.29, 1.82) is 10.7 Å². The van der Waals surface area contributed by atoms with E-state index in [-0.39, 0.29) is 24.3 Å². The summed E-state index contributed by atoms with van der Waals surface area (Å²) in [6, 6.07) is 11.4. The second-order valence-corrected chi connectivity index (χ2v) is 9.05. The van der Waals surface area contributed by atoms with Gasteiger partial charge in [-0.3, -0.25) is 10.2 Å². The third kappa shape index (κ3) is 3.93. The number of ketones is 1. The molecule has 0 saturated heterocycles. The molecule has 0 amide bonds. The highest BCUT2D eigenvalue weighted by atomic mass is 16.5.